The Hall–Kier alpha value is -2.15. The first kappa shape index (κ1) is 21.9. The van der Waals surface area contributed by atoms with E-state index in [9.17, 15) is 14.4 Å². The van der Waals surface area contributed by atoms with Crippen molar-refractivity contribution in [2.75, 3.05) is 20.3 Å². The third kappa shape index (κ3) is 8.29. The maximum absolute atomic E-state index is 11.9. The van der Waals surface area contributed by atoms with E-state index >= 15 is 0 Å². The molecule has 0 aromatic heterocycles. The summed E-state index contributed by atoms with van der Waals surface area (Å²) in [4.78, 5) is 35.6. The Morgan fingerprint density at radius 3 is 2.38 bits per heavy atom. The molecule has 0 unspecified atom stereocenters. The molecule has 1 N–H and O–H groups in total. The summed E-state index contributed by atoms with van der Waals surface area (Å²) in [7, 11) is 1.55. The van der Waals surface area contributed by atoms with Crippen molar-refractivity contribution in [1.29, 1.82) is 0 Å². The molecular weight excluding hydrogens is 338 g/mol. The van der Waals surface area contributed by atoms with Crippen LogP contribution in [0.2, 0.25) is 0 Å². The van der Waals surface area contributed by atoms with Gasteiger partial charge in [-0.15, -0.1) is 0 Å². The Kier molecular flexibility index (Phi) is 9.65. The number of nitrogens with one attached hydrogen (secondary N) is 1. The summed E-state index contributed by atoms with van der Waals surface area (Å²) in [5, 5.41) is 2.61. The van der Waals surface area contributed by atoms with E-state index in [0.29, 0.717) is 0 Å². The number of ether oxygens (including phenoxy) is 3. The minimum absolute atomic E-state index is 0.0440. The lowest BCUT2D eigenvalue weighted by Gasteiger charge is -2.20. The molecule has 4 atom stereocenters. The maximum Gasteiger partial charge on any atom is 0.328 e. The third-order valence-corrected chi connectivity index (χ3v) is 4.01. The summed E-state index contributed by atoms with van der Waals surface area (Å²) >= 11 is 0. The van der Waals surface area contributed by atoms with E-state index in [1.54, 1.807) is 32.3 Å². The van der Waals surface area contributed by atoms with Crippen molar-refractivity contribution in [1.82, 2.24) is 5.32 Å². The largest absolute Gasteiger partial charge is 0.464 e. The van der Waals surface area contributed by atoms with Crippen LogP contribution < -0.4 is 5.32 Å². The molecular formula is C19H29NO6. The van der Waals surface area contributed by atoms with Crippen molar-refractivity contribution < 1.29 is 28.6 Å². The number of carbonyl (C=O) groups excluding carboxylic acids is 3. The zero-order valence-electron chi connectivity index (χ0n) is 15.9. The molecule has 0 aromatic rings. The first-order valence-electron chi connectivity index (χ1n) is 8.81. The topological polar surface area (TPSA) is 90.9 Å². The number of rotatable bonds is 1. The average Bonchev–Trinajstić information content (AvgIpc) is 2.59. The van der Waals surface area contributed by atoms with Crippen LogP contribution in [0.25, 0.3) is 0 Å². The lowest BCUT2D eigenvalue weighted by Crippen LogP contribution is -2.39. The van der Waals surface area contributed by atoms with Gasteiger partial charge in [0.25, 0.3) is 0 Å². The fourth-order valence-corrected chi connectivity index (χ4v) is 2.33. The van der Waals surface area contributed by atoms with Crippen LogP contribution in [-0.4, -0.2) is 50.3 Å². The highest BCUT2D eigenvalue weighted by atomic mass is 16.6. The first-order valence-corrected chi connectivity index (χ1v) is 8.81. The van der Waals surface area contributed by atoms with E-state index in [-0.39, 0.29) is 55.9 Å². The quantitative estimate of drug-likeness (QED) is 0.561. The number of amides is 1. The van der Waals surface area contributed by atoms with Crippen LogP contribution >= 0.6 is 0 Å². The van der Waals surface area contributed by atoms with Crippen LogP contribution in [0.15, 0.2) is 24.3 Å². The molecule has 0 aromatic carbocycles. The molecule has 1 amide bonds. The molecule has 146 valence electrons. The second-order valence-electron chi connectivity index (χ2n) is 6.48. The second kappa shape index (κ2) is 11.5. The number of esters is 2. The summed E-state index contributed by atoms with van der Waals surface area (Å²) in [6.45, 7) is 5.68. The molecule has 1 aliphatic heterocycles. The van der Waals surface area contributed by atoms with Crippen molar-refractivity contribution in [3.63, 3.8) is 0 Å². The summed E-state index contributed by atoms with van der Waals surface area (Å²) < 4.78 is 15.8. The second-order valence-corrected chi connectivity index (χ2v) is 6.48. The highest BCUT2D eigenvalue weighted by Crippen LogP contribution is 2.11. The van der Waals surface area contributed by atoms with Crippen LogP contribution in [-0.2, 0) is 28.6 Å². The van der Waals surface area contributed by atoms with Crippen molar-refractivity contribution in [2.45, 2.75) is 45.8 Å². The molecule has 1 rings (SSSR count). The standard InChI is InChI=1S/C19H29NO6/c1-13-7-5-10-18(22)25-12-16(24-4)14(2)8-6-9-17(21)20-15(3)19(23)26-11-13/h5-8,13-16H,9-12H2,1-4H3,(H,20,21)/b7-5-,8-6-/t13-,14+,15-,16+/m0/s1. The molecule has 26 heavy (non-hydrogen) atoms. The van der Waals surface area contributed by atoms with Crippen molar-refractivity contribution in [3.05, 3.63) is 24.3 Å². The zero-order valence-corrected chi connectivity index (χ0v) is 15.9. The number of hydrogen-bond acceptors (Lipinski definition) is 6. The highest BCUT2D eigenvalue weighted by molar-refractivity contribution is 5.84. The number of methoxy groups -OCH3 is 1. The molecule has 0 aliphatic carbocycles. The Bertz CT molecular complexity index is 542. The Labute approximate surface area is 154 Å². The van der Waals surface area contributed by atoms with Crippen LogP contribution in [0.4, 0.5) is 0 Å². The molecule has 1 aliphatic rings. The van der Waals surface area contributed by atoms with Gasteiger partial charge in [-0.1, -0.05) is 38.2 Å². The molecule has 0 bridgehead atoms. The summed E-state index contributed by atoms with van der Waals surface area (Å²) in [6, 6.07) is -0.718. The van der Waals surface area contributed by atoms with Gasteiger partial charge in [0, 0.05) is 25.4 Å². The maximum atomic E-state index is 11.9. The van der Waals surface area contributed by atoms with Gasteiger partial charge in [0.2, 0.25) is 5.91 Å². The first-order chi connectivity index (χ1) is 12.3. The van der Waals surface area contributed by atoms with E-state index in [1.807, 2.05) is 19.9 Å². The van der Waals surface area contributed by atoms with E-state index in [2.05, 4.69) is 5.32 Å². The van der Waals surface area contributed by atoms with Gasteiger partial charge >= 0.3 is 11.9 Å². The summed E-state index contributed by atoms with van der Waals surface area (Å²) in [6.07, 6.45) is 7.01. The Morgan fingerprint density at radius 2 is 1.69 bits per heavy atom. The number of cyclic esters (lactones) is 2. The average molecular weight is 367 g/mol. The predicted molar refractivity (Wildman–Crippen MR) is 96.2 cm³/mol. The lowest BCUT2D eigenvalue weighted by molar-refractivity contribution is -0.148. The van der Waals surface area contributed by atoms with Crippen LogP contribution in [0, 0.1) is 11.8 Å². The van der Waals surface area contributed by atoms with Gasteiger partial charge in [-0.2, -0.15) is 0 Å². The van der Waals surface area contributed by atoms with Gasteiger partial charge in [-0.25, -0.2) is 4.79 Å². The molecule has 0 saturated heterocycles. The molecule has 0 saturated carbocycles. The fourth-order valence-electron chi connectivity index (χ4n) is 2.33. The van der Waals surface area contributed by atoms with Crippen molar-refractivity contribution in [2.24, 2.45) is 11.8 Å². The van der Waals surface area contributed by atoms with E-state index in [1.165, 1.54) is 0 Å². The summed E-state index contributed by atoms with van der Waals surface area (Å²) in [5.41, 5.74) is 0. The zero-order chi connectivity index (χ0) is 19.5. The van der Waals surface area contributed by atoms with Gasteiger partial charge < -0.3 is 19.5 Å². The van der Waals surface area contributed by atoms with Gasteiger partial charge in [0.05, 0.1) is 19.1 Å². The smallest absolute Gasteiger partial charge is 0.328 e. The minimum atomic E-state index is -0.718. The van der Waals surface area contributed by atoms with Crippen LogP contribution in [0.3, 0.4) is 0 Å². The number of hydrogen-bond donors (Lipinski definition) is 1. The summed E-state index contributed by atoms with van der Waals surface area (Å²) in [5.74, 6) is -1.21. The predicted octanol–water partition coefficient (Wildman–Crippen LogP) is 1.77. The Morgan fingerprint density at radius 1 is 1.00 bits per heavy atom. The monoisotopic (exact) mass is 367 g/mol. The van der Waals surface area contributed by atoms with Crippen LogP contribution in [0.1, 0.15) is 33.6 Å². The van der Waals surface area contributed by atoms with E-state index < -0.39 is 12.0 Å². The molecule has 0 spiro atoms. The van der Waals surface area contributed by atoms with Gasteiger partial charge in [-0.3, -0.25) is 9.59 Å². The van der Waals surface area contributed by atoms with Gasteiger partial charge in [-0.05, 0) is 6.92 Å². The van der Waals surface area contributed by atoms with Crippen molar-refractivity contribution in [3.8, 4) is 0 Å². The highest BCUT2D eigenvalue weighted by Gasteiger charge is 2.19. The third-order valence-electron chi connectivity index (χ3n) is 4.01. The van der Waals surface area contributed by atoms with E-state index in [0.717, 1.165) is 0 Å². The van der Waals surface area contributed by atoms with Crippen LogP contribution in [0.5, 0.6) is 0 Å². The SMILES string of the molecule is CO[C@@H]1COC(=O)C/C=C\[C@H](C)COC(=O)[C@H](C)NC(=O)C/C=C\[C@H]1C. The van der Waals surface area contributed by atoms with Crippen molar-refractivity contribution >= 4 is 17.8 Å². The van der Waals surface area contributed by atoms with E-state index in [4.69, 9.17) is 14.2 Å². The molecule has 7 nitrogen and oxygen atoms in total. The lowest BCUT2D eigenvalue weighted by atomic mass is 10.0. The number of carbonyl (C=O) groups is 3. The molecule has 1 heterocycles. The van der Waals surface area contributed by atoms with Gasteiger partial charge in [0.1, 0.15) is 12.6 Å². The fraction of sp³-hybridized carbons (Fsp3) is 0.632. The molecule has 0 radical (unpaired) electrons. The molecule has 7 heteroatoms. The minimum Gasteiger partial charge on any atom is -0.464 e. The van der Waals surface area contributed by atoms with Gasteiger partial charge in [0.15, 0.2) is 0 Å². The molecule has 0 fully saturated rings. The normalized spacial score (nSPS) is 32.4. The Balaban J connectivity index is 2.80.